The van der Waals surface area contributed by atoms with E-state index in [1.165, 1.54) is 0 Å². The predicted octanol–water partition coefficient (Wildman–Crippen LogP) is 1.88. The van der Waals surface area contributed by atoms with Gasteiger partial charge in [-0.15, -0.1) is 0 Å². The Morgan fingerprint density at radius 2 is 2.26 bits per heavy atom. The number of benzene rings is 1. The number of ether oxygens (including phenoxy) is 1. The standard InChI is InChI=1S/C14H18O4S/c1-10-3-2-4-11(7-10)8-19(17)9-12-5-6-13(18-12)14(15)16/h2-4,7,12-13H,5-6,8-9H2,1H3,(H,15,16). The van der Waals surface area contributed by atoms with Crippen LogP contribution in [0.15, 0.2) is 24.3 Å². The molecular formula is C14H18O4S. The lowest BCUT2D eigenvalue weighted by Crippen LogP contribution is -2.23. The van der Waals surface area contributed by atoms with Gasteiger partial charge in [0.25, 0.3) is 0 Å². The van der Waals surface area contributed by atoms with Gasteiger partial charge in [0, 0.05) is 16.6 Å². The summed E-state index contributed by atoms with van der Waals surface area (Å²) >= 11 is 0. The molecule has 4 nitrogen and oxygen atoms in total. The Kier molecular flexibility index (Phi) is 4.71. The predicted molar refractivity (Wildman–Crippen MR) is 73.4 cm³/mol. The van der Waals surface area contributed by atoms with Gasteiger partial charge in [-0.1, -0.05) is 29.8 Å². The maximum Gasteiger partial charge on any atom is 0.332 e. The van der Waals surface area contributed by atoms with Crippen molar-refractivity contribution >= 4 is 16.8 Å². The fourth-order valence-corrected chi connectivity index (χ4v) is 3.59. The van der Waals surface area contributed by atoms with Crippen LogP contribution in [0.4, 0.5) is 0 Å². The fraction of sp³-hybridized carbons (Fsp3) is 0.500. The average molecular weight is 282 g/mol. The third-order valence-electron chi connectivity index (χ3n) is 3.16. The van der Waals surface area contributed by atoms with Crippen molar-refractivity contribution in [2.45, 2.75) is 37.7 Å². The monoisotopic (exact) mass is 282 g/mol. The Morgan fingerprint density at radius 1 is 1.47 bits per heavy atom. The molecule has 1 aliphatic rings. The van der Waals surface area contributed by atoms with E-state index in [-0.39, 0.29) is 6.10 Å². The van der Waals surface area contributed by atoms with Gasteiger partial charge in [-0.2, -0.15) is 0 Å². The Morgan fingerprint density at radius 3 is 2.89 bits per heavy atom. The molecule has 5 heteroatoms. The van der Waals surface area contributed by atoms with E-state index in [1.807, 2.05) is 31.2 Å². The van der Waals surface area contributed by atoms with Crippen molar-refractivity contribution in [1.82, 2.24) is 0 Å². The molecule has 1 aromatic rings. The smallest absolute Gasteiger partial charge is 0.332 e. The highest BCUT2D eigenvalue weighted by Crippen LogP contribution is 2.21. The molecular weight excluding hydrogens is 264 g/mol. The lowest BCUT2D eigenvalue weighted by molar-refractivity contribution is -0.148. The lowest BCUT2D eigenvalue weighted by Gasteiger charge is -2.11. The van der Waals surface area contributed by atoms with Gasteiger partial charge < -0.3 is 9.84 Å². The molecule has 0 radical (unpaired) electrons. The van der Waals surface area contributed by atoms with Crippen molar-refractivity contribution in [1.29, 1.82) is 0 Å². The molecule has 0 aromatic heterocycles. The zero-order valence-corrected chi connectivity index (χ0v) is 11.7. The molecule has 19 heavy (non-hydrogen) atoms. The van der Waals surface area contributed by atoms with Gasteiger partial charge in [0.1, 0.15) is 0 Å². The SMILES string of the molecule is Cc1cccc(CS(=O)CC2CCC(C(=O)O)O2)c1. The minimum Gasteiger partial charge on any atom is -0.479 e. The molecule has 0 aliphatic carbocycles. The quantitative estimate of drug-likeness (QED) is 0.895. The first-order valence-electron chi connectivity index (χ1n) is 6.33. The van der Waals surface area contributed by atoms with Crippen molar-refractivity contribution < 1.29 is 18.8 Å². The molecule has 1 fully saturated rings. The van der Waals surface area contributed by atoms with Crippen LogP contribution in [-0.2, 0) is 26.1 Å². The minimum absolute atomic E-state index is 0.188. The number of carboxylic acids is 1. The number of carboxylic acid groups (broad SMARTS) is 1. The molecule has 1 heterocycles. The molecule has 1 aromatic carbocycles. The topological polar surface area (TPSA) is 63.6 Å². The van der Waals surface area contributed by atoms with E-state index in [0.717, 1.165) is 11.1 Å². The van der Waals surface area contributed by atoms with E-state index in [2.05, 4.69) is 0 Å². The third-order valence-corrected chi connectivity index (χ3v) is 4.56. The highest BCUT2D eigenvalue weighted by Gasteiger charge is 2.31. The molecule has 0 amide bonds. The van der Waals surface area contributed by atoms with Crippen molar-refractivity contribution in [2.24, 2.45) is 0 Å². The summed E-state index contributed by atoms with van der Waals surface area (Å²) in [7, 11) is -1.02. The first kappa shape index (κ1) is 14.2. The summed E-state index contributed by atoms with van der Waals surface area (Å²) in [5, 5.41) is 8.83. The Labute approximate surface area is 115 Å². The van der Waals surface area contributed by atoms with Crippen LogP contribution in [0.1, 0.15) is 24.0 Å². The molecule has 1 aliphatic heterocycles. The summed E-state index contributed by atoms with van der Waals surface area (Å²) in [5.74, 6) is -0.0104. The van der Waals surface area contributed by atoms with Crippen LogP contribution >= 0.6 is 0 Å². The minimum atomic E-state index is -1.02. The number of hydrogen-bond donors (Lipinski definition) is 1. The van der Waals surface area contributed by atoms with Gasteiger partial charge in [0.15, 0.2) is 6.10 Å². The summed E-state index contributed by atoms with van der Waals surface area (Å²) in [6, 6.07) is 7.94. The Bertz CT molecular complexity index is 486. The second-order valence-electron chi connectivity index (χ2n) is 4.90. The maximum absolute atomic E-state index is 12.0. The number of rotatable bonds is 5. The summed E-state index contributed by atoms with van der Waals surface area (Å²) in [5.41, 5.74) is 2.20. The van der Waals surface area contributed by atoms with Crippen molar-refractivity contribution in [3.05, 3.63) is 35.4 Å². The van der Waals surface area contributed by atoms with Crippen LogP contribution in [0.3, 0.4) is 0 Å². The Balaban J connectivity index is 1.84. The van der Waals surface area contributed by atoms with E-state index < -0.39 is 22.9 Å². The van der Waals surface area contributed by atoms with Crippen molar-refractivity contribution in [3.63, 3.8) is 0 Å². The van der Waals surface area contributed by atoms with Gasteiger partial charge >= 0.3 is 5.97 Å². The molecule has 2 rings (SSSR count). The van der Waals surface area contributed by atoms with E-state index in [1.54, 1.807) is 0 Å². The molecule has 104 valence electrons. The van der Waals surface area contributed by atoms with Crippen LogP contribution in [-0.4, -0.2) is 33.2 Å². The molecule has 0 saturated carbocycles. The first-order valence-corrected chi connectivity index (χ1v) is 7.82. The normalized spacial score (nSPS) is 24.3. The van der Waals surface area contributed by atoms with E-state index >= 15 is 0 Å². The van der Waals surface area contributed by atoms with E-state index in [9.17, 15) is 9.00 Å². The van der Waals surface area contributed by atoms with Crippen LogP contribution in [0, 0.1) is 6.92 Å². The zero-order chi connectivity index (χ0) is 13.8. The van der Waals surface area contributed by atoms with Crippen LogP contribution in [0.2, 0.25) is 0 Å². The summed E-state index contributed by atoms with van der Waals surface area (Å²) in [6.07, 6.45) is 0.283. The summed E-state index contributed by atoms with van der Waals surface area (Å²) in [4.78, 5) is 10.8. The van der Waals surface area contributed by atoms with E-state index in [0.29, 0.717) is 24.3 Å². The number of aliphatic carboxylic acids is 1. The van der Waals surface area contributed by atoms with Gasteiger partial charge in [-0.25, -0.2) is 4.79 Å². The molecule has 3 atom stereocenters. The maximum atomic E-state index is 12.0. The second-order valence-corrected chi connectivity index (χ2v) is 6.40. The van der Waals surface area contributed by atoms with Crippen molar-refractivity contribution in [2.75, 3.05) is 5.75 Å². The molecule has 1 saturated heterocycles. The second kappa shape index (κ2) is 6.30. The molecule has 1 N–H and O–H groups in total. The molecule has 0 spiro atoms. The number of carbonyl (C=O) groups is 1. The van der Waals surface area contributed by atoms with Crippen LogP contribution in [0.5, 0.6) is 0 Å². The Hall–Kier alpha value is -1.20. The zero-order valence-electron chi connectivity index (χ0n) is 10.9. The van der Waals surface area contributed by atoms with Gasteiger partial charge in [-0.05, 0) is 25.3 Å². The number of hydrogen-bond acceptors (Lipinski definition) is 3. The van der Waals surface area contributed by atoms with Gasteiger partial charge in [0.2, 0.25) is 0 Å². The third kappa shape index (κ3) is 4.14. The fourth-order valence-electron chi connectivity index (χ4n) is 2.26. The molecule has 0 bridgehead atoms. The number of aryl methyl sites for hydroxylation is 1. The average Bonchev–Trinajstić information content (AvgIpc) is 2.77. The molecule has 3 unspecified atom stereocenters. The van der Waals surface area contributed by atoms with Crippen LogP contribution < -0.4 is 0 Å². The summed E-state index contributed by atoms with van der Waals surface area (Å²) < 4.78 is 17.4. The van der Waals surface area contributed by atoms with Crippen LogP contribution in [0.25, 0.3) is 0 Å². The largest absolute Gasteiger partial charge is 0.479 e. The van der Waals surface area contributed by atoms with Gasteiger partial charge in [-0.3, -0.25) is 4.21 Å². The lowest BCUT2D eigenvalue weighted by atomic mass is 10.2. The highest BCUT2D eigenvalue weighted by atomic mass is 32.2. The highest BCUT2D eigenvalue weighted by molar-refractivity contribution is 7.84. The first-order chi connectivity index (χ1) is 9.04. The van der Waals surface area contributed by atoms with Crippen molar-refractivity contribution in [3.8, 4) is 0 Å². The summed E-state index contributed by atoms with van der Waals surface area (Å²) in [6.45, 7) is 2.00. The van der Waals surface area contributed by atoms with E-state index in [4.69, 9.17) is 9.84 Å². The van der Waals surface area contributed by atoms with Gasteiger partial charge in [0.05, 0.1) is 11.9 Å².